The maximum Gasteiger partial charge on any atom is 0.338 e. The lowest BCUT2D eigenvalue weighted by atomic mass is 9.91. The van der Waals surface area contributed by atoms with Crippen LogP contribution < -0.4 is 5.32 Å². The number of hydrogen-bond acceptors (Lipinski definition) is 5. The Kier molecular flexibility index (Phi) is 10.3. The molecule has 0 bridgehead atoms. The van der Waals surface area contributed by atoms with Crippen molar-refractivity contribution in [2.24, 2.45) is 11.8 Å². The first-order valence-corrected chi connectivity index (χ1v) is 16.6. The molecule has 2 N–H and O–H groups in total. The van der Waals surface area contributed by atoms with Gasteiger partial charge in [-0.15, -0.1) is 0 Å². The van der Waals surface area contributed by atoms with Gasteiger partial charge in [-0.1, -0.05) is 54.3 Å². The van der Waals surface area contributed by atoms with Gasteiger partial charge in [0.1, 0.15) is 5.82 Å². The third-order valence-corrected chi connectivity index (χ3v) is 9.74. The van der Waals surface area contributed by atoms with Gasteiger partial charge in [-0.05, 0) is 98.9 Å². The minimum Gasteiger partial charge on any atom is -0.478 e. The number of carboxylic acid groups (broad SMARTS) is 1. The highest BCUT2D eigenvalue weighted by atomic mass is 19.1. The molecule has 2 fully saturated rings. The van der Waals surface area contributed by atoms with E-state index in [0.717, 1.165) is 69.5 Å². The smallest absolute Gasteiger partial charge is 0.338 e. The van der Waals surface area contributed by atoms with E-state index in [1.807, 2.05) is 6.07 Å². The third-order valence-electron chi connectivity index (χ3n) is 9.74. The molecule has 4 aromatic rings. The number of aromatic nitrogens is 2. The number of amides is 1. The number of aromatic carboxylic acids is 1. The summed E-state index contributed by atoms with van der Waals surface area (Å²) in [6.07, 6.45) is 6.60. The van der Waals surface area contributed by atoms with E-state index in [1.165, 1.54) is 34.7 Å². The van der Waals surface area contributed by atoms with Crippen LogP contribution in [0.4, 0.5) is 4.39 Å². The fourth-order valence-corrected chi connectivity index (χ4v) is 6.84. The number of benzene rings is 3. The van der Waals surface area contributed by atoms with Crippen molar-refractivity contribution in [1.29, 1.82) is 0 Å². The zero-order valence-electron chi connectivity index (χ0n) is 26.9. The highest BCUT2D eigenvalue weighted by Gasteiger charge is 2.28. The first-order valence-electron chi connectivity index (χ1n) is 16.6. The van der Waals surface area contributed by atoms with Gasteiger partial charge in [-0.2, -0.15) is 5.10 Å². The van der Waals surface area contributed by atoms with E-state index in [2.05, 4.69) is 75.4 Å². The second-order valence-corrected chi connectivity index (χ2v) is 12.8. The van der Waals surface area contributed by atoms with E-state index in [9.17, 15) is 14.0 Å². The summed E-state index contributed by atoms with van der Waals surface area (Å²) in [4.78, 5) is 28.8. The molecule has 244 valence electrons. The molecule has 1 unspecified atom stereocenters. The molecule has 0 spiro atoms. The number of piperidine rings is 2. The minimum atomic E-state index is -0.952. The number of nitrogens with one attached hydrogen (secondary N) is 1. The van der Waals surface area contributed by atoms with Crippen LogP contribution in [0.15, 0.2) is 73.1 Å². The predicted octanol–water partition coefficient (Wildman–Crippen LogP) is 5.73. The maximum absolute atomic E-state index is 13.5. The summed E-state index contributed by atoms with van der Waals surface area (Å²) in [5, 5.41) is 18.6. The van der Waals surface area contributed by atoms with Gasteiger partial charge in [-0.25, -0.2) is 9.18 Å². The normalized spacial score (nSPS) is 17.2. The van der Waals surface area contributed by atoms with Gasteiger partial charge < -0.3 is 15.3 Å². The molecule has 0 radical (unpaired) electrons. The van der Waals surface area contributed by atoms with Crippen molar-refractivity contribution in [3.8, 4) is 11.8 Å². The van der Waals surface area contributed by atoms with E-state index in [1.54, 1.807) is 16.9 Å². The number of rotatable bonds is 9. The van der Waals surface area contributed by atoms with Crippen LogP contribution in [0.25, 0.3) is 10.8 Å². The van der Waals surface area contributed by atoms with Gasteiger partial charge >= 0.3 is 5.97 Å². The molecule has 6 rings (SSSR count). The quantitative estimate of drug-likeness (QED) is 0.229. The summed E-state index contributed by atoms with van der Waals surface area (Å²) in [6, 6.07) is 19.5. The topological polar surface area (TPSA) is 90.7 Å². The number of hydrogen-bond donors (Lipinski definition) is 2. The molecular weight excluding hydrogens is 593 g/mol. The van der Waals surface area contributed by atoms with Crippen molar-refractivity contribution < 1.29 is 19.1 Å². The number of nitrogens with zero attached hydrogens (tertiary/aromatic N) is 4. The van der Waals surface area contributed by atoms with Gasteiger partial charge in [0.15, 0.2) is 0 Å². The molecule has 2 aliphatic rings. The Bertz CT molecular complexity index is 1780. The molecule has 8 nitrogen and oxygen atoms in total. The Hall–Kier alpha value is -4.52. The number of carbonyl (C=O) groups excluding carboxylic acids is 1. The first-order chi connectivity index (χ1) is 22.8. The highest BCUT2D eigenvalue weighted by molar-refractivity contribution is 5.91. The molecule has 1 aromatic heterocycles. The maximum atomic E-state index is 13.5. The van der Waals surface area contributed by atoms with E-state index < -0.39 is 5.97 Å². The van der Waals surface area contributed by atoms with Crippen molar-refractivity contribution in [2.75, 3.05) is 32.7 Å². The number of fused-ring (bicyclic) bond motifs is 1. The van der Waals surface area contributed by atoms with Crippen LogP contribution in [0.2, 0.25) is 0 Å². The lowest BCUT2D eigenvalue weighted by Gasteiger charge is -2.36. The van der Waals surface area contributed by atoms with Crippen molar-refractivity contribution in [3.63, 3.8) is 0 Å². The molecular formula is C38H42FN5O3. The molecule has 3 heterocycles. The average Bonchev–Trinajstić information content (AvgIpc) is 3.59. The molecule has 3 aromatic carbocycles. The molecule has 2 saturated heterocycles. The monoisotopic (exact) mass is 635 g/mol. The van der Waals surface area contributed by atoms with Crippen molar-refractivity contribution in [1.82, 2.24) is 24.9 Å². The fraction of sp³-hybridized carbons (Fsp3) is 0.395. The molecule has 47 heavy (non-hydrogen) atoms. The van der Waals surface area contributed by atoms with E-state index >= 15 is 0 Å². The lowest BCUT2D eigenvalue weighted by Crippen LogP contribution is -2.41. The fourth-order valence-electron chi connectivity index (χ4n) is 6.84. The summed E-state index contributed by atoms with van der Waals surface area (Å²) in [5.41, 5.74) is 3.32. The summed E-state index contributed by atoms with van der Waals surface area (Å²) in [6.45, 7) is 7.74. The van der Waals surface area contributed by atoms with Crippen LogP contribution in [0.1, 0.15) is 65.7 Å². The molecule has 9 heteroatoms. The number of likely N-dealkylation sites (tertiary alicyclic amines) is 2. The Morgan fingerprint density at radius 1 is 0.979 bits per heavy atom. The molecule has 0 saturated carbocycles. The predicted molar refractivity (Wildman–Crippen MR) is 180 cm³/mol. The van der Waals surface area contributed by atoms with Crippen LogP contribution in [-0.4, -0.2) is 69.3 Å². The summed E-state index contributed by atoms with van der Waals surface area (Å²) in [7, 11) is 0. The summed E-state index contributed by atoms with van der Waals surface area (Å²) >= 11 is 0. The molecule has 1 atom stereocenters. The Balaban J connectivity index is 1.02. The van der Waals surface area contributed by atoms with Crippen LogP contribution in [0, 0.1) is 29.5 Å². The van der Waals surface area contributed by atoms with Crippen molar-refractivity contribution in [2.45, 2.75) is 51.7 Å². The summed E-state index contributed by atoms with van der Waals surface area (Å²) < 4.78 is 15.2. The third kappa shape index (κ3) is 8.07. The standard InChI is InChI=1S/C38H42FN5O3/c1-27(43-19-15-31(16-20-43)37(45)40-24-29-5-4-6-33(39)23-29)34-12-11-30(35-7-2-3-8-36(34)35)10-9-28-13-17-42(18-14-28)21-22-44-26-32(25-41-44)38(46)47/h2-8,11-12,23,25-28,31H,13-22,24H2,1H3,(H,40,45)(H,46,47). The van der Waals surface area contributed by atoms with Crippen molar-refractivity contribution >= 4 is 22.6 Å². The lowest BCUT2D eigenvalue weighted by molar-refractivity contribution is -0.126. The van der Waals surface area contributed by atoms with Gasteiger partial charge in [0, 0.05) is 42.7 Å². The second-order valence-electron chi connectivity index (χ2n) is 12.8. The summed E-state index contributed by atoms with van der Waals surface area (Å²) in [5.74, 6) is 6.20. The van der Waals surface area contributed by atoms with Crippen LogP contribution >= 0.6 is 0 Å². The van der Waals surface area contributed by atoms with Gasteiger partial charge in [0.05, 0.1) is 18.3 Å². The van der Waals surface area contributed by atoms with Crippen molar-refractivity contribution in [3.05, 3.63) is 101 Å². The van der Waals surface area contributed by atoms with Gasteiger partial charge in [0.2, 0.25) is 5.91 Å². The van der Waals surface area contributed by atoms with Gasteiger partial charge in [-0.3, -0.25) is 14.4 Å². The highest BCUT2D eigenvalue weighted by Crippen LogP contribution is 2.33. The molecule has 0 aliphatic carbocycles. The number of carbonyl (C=O) groups is 2. The van der Waals surface area contributed by atoms with Crippen LogP contribution in [0.3, 0.4) is 0 Å². The number of carboxylic acids is 1. The zero-order valence-corrected chi connectivity index (χ0v) is 26.9. The Morgan fingerprint density at radius 2 is 1.74 bits per heavy atom. The molecule has 1 amide bonds. The molecule has 2 aliphatic heterocycles. The van der Waals surface area contributed by atoms with E-state index in [0.29, 0.717) is 19.0 Å². The van der Waals surface area contributed by atoms with Crippen LogP contribution in [0.5, 0.6) is 0 Å². The van der Waals surface area contributed by atoms with Gasteiger partial charge in [0.25, 0.3) is 0 Å². The first kappa shape index (κ1) is 32.4. The zero-order chi connectivity index (χ0) is 32.8. The van der Waals surface area contributed by atoms with Crippen LogP contribution in [-0.2, 0) is 17.9 Å². The Labute approximate surface area is 275 Å². The minimum absolute atomic E-state index is 0.0308. The average molecular weight is 636 g/mol. The van der Waals surface area contributed by atoms with E-state index in [4.69, 9.17) is 5.11 Å². The largest absolute Gasteiger partial charge is 0.478 e. The SMILES string of the molecule is CC(c1ccc(C#CC2CCN(CCn3cc(C(=O)O)cn3)CC2)c2ccccc12)N1CCC(C(=O)NCc2cccc(F)c2)CC1. The second kappa shape index (κ2) is 14.9. The Morgan fingerprint density at radius 3 is 2.47 bits per heavy atom. The number of halogens is 1. The van der Waals surface area contributed by atoms with E-state index in [-0.39, 0.29) is 29.2 Å².